The van der Waals surface area contributed by atoms with E-state index in [4.69, 9.17) is 0 Å². The quantitative estimate of drug-likeness (QED) is 0.821. The highest BCUT2D eigenvalue weighted by molar-refractivity contribution is 5.50. The van der Waals surface area contributed by atoms with Crippen molar-refractivity contribution in [2.45, 2.75) is 20.8 Å². The normalized spacial score (nSPS) is 10.7. The summed E-state index contributed by atoms with van der Waals surface area (Å²) in [7, 11) is 0. The van der Waals surface area contributed by atoms with Crippen molar-refractivity contribution in [3.05, 3.63) is 33.9 Å². The molecule has 5 heteroatoms. The van der Waals surface area contributed by atoms with Crippen LogP contribution in [0.25, 0.3) is 5.65 Å². The molecule has 84 valence electrons. The largest absolute Gasteiger partial charge is 0.356 e. The maximum Gasteiger partial charge on any atom is 0.356 e. The van der Waals surface area contributed by atoms with Gasteiger partial charge in [0.2, 0.25) is 5.95 Å². The van der Waals surface area contributed by atoms with Gasteiger partial charge in [-0.2, -0.15) is 9.97 Å². The van der Waals surface area contributed by atoms with E-state index in [0.717, 1.165) is 11.1 Å². The van der Waals surface area contributed by atoms with Crippen molar-refractivity contribution in [1.29, 1.82) is 0 Å². The molecular formula is C11H14N4O. The topological polar surface area (TPSA) is 59.3 Å². The van der Waals surface area contributed by atoms with E-state index in [-0.39, 0.29) is 5.69 Å². The molecule has 16 heavy (non-hydrogen) atoms. The molecule has 1 N–H and O–H groups in total. The van der Waals surface area contributed by atoms with Crippen LogP contribution in [0.15, 0.2) is 17.1 Å². The summed E-state index contributed by atoms with van der Waals surface area (Å²) in [5.74, 6) is 0.388. The fourth-order valence-electron chi connectivity index (χ4n) is 1.69. The first kappa shape index (κ1) is 10.6. The first-order chi connectivity index (χ1) is 7.61. The van der Waals surface area contributed by atoms with Gasteiger partial charge < -0.3 is 5.32 Å². The van der Waals surface area contributed by atoms with Gasteiger partial charge in [-0.25, -0.2) is 4.79 Å². The van der Waals surface area contributed by atoms with Crippen molar-refractivity contribution >= 4 is 11.6 Å². The Morgan fingerprint density at radius 1 is 1.38 bits per heavy atom. The van der Waals surface area contributed by atoms with E-state index in [1.165, 1.54) is 4.40 Å². The average Bonchev–Trinajstić information content (AvgIpc) is 2.20. The Morgan fingerprint density at radius 2 is 2.12 bits per heavy atom. The molecule has 0 saturated carbocycles. The Balaban J connectivity index is 2.77. The van der Waals surface area contributed by atoms with E-state index in [1.807, 2.05) is 26.8 Å². The van der Waals surface area contributed by atoms with Gasteiger partial charge in [0.15, 0.2) is 0 Å². The molecule has 0 aliphatic rings. The minimum atomic E-state index is -0.298. The lowest BCUT2D eigenvalue weighted by molar-refractivity contribution is 0.921. The number of anilines is 1. The van der Waals surface area contributed by atoms with Crippen molar-refractivity contribution in [1.82, 2.24) is 14.4 Å². The van der Waals surface area contributed by atoms with Gasteiger partial charge in [0.25, 0.3) is 0 Å². The SMILES string of the molecule is CCNc1nc(=O)n2cc(C)cc(C)c2n1. The molecule has 0 fully saturated rings. The van der Waals surface area contributed by atoms with Crippen LogP contribution < -0.4 is 11.0 Å². The van der Waals surface area contributed by atoms with Crippen LogP contribution in [0.3, 0.4) is 0 Å². The van der Waals surface area contributed by atoms with Crippen molar-refractivity contribution in [2.75, 3.05) is 11.9 Å². The summed E-state index contributed by atoms with van der Waals surface area (Å²) >= 11 is 0. The number of hydrogen-bond acceptors (Lipinski definition) is 4. The Hall–Kier alpha value is -1.91. The predicted molar refractivity (Wildman–Crippen MR) is 62.9 cm³/mol. The van der Waals surface area contributed by atoms with Gasteiger partial charge in [-0.1, -0.05) is 6.07 Å². The fourth-order valence-corrected chi connectivity index (χ4v) is 1.69. The summed E-state index contributed by atoms with van der Waals surface area (Å²) in [6, 6.07) is 2.00. The molecule has 2 aromatic heterocycles. The van der Waals surface area contributed by atoms with Gasteiger partial charge >= 0.3 is 5.69 Å². The lowest BCUT2D eigenvalue weighted by Gasteiger charge is -2.06. The number of hydrogen-bond donors (Lipinski definition) is 1. The highest BCUT2D eigenvalue weighted by Gasteiger charge is 2.05. The third-order valence-electron chi connectivity index (χ3n) is 2.31. The minimum absolute atomic E-state index is 0.298. The number of fused-ring (bicyclic) bond motifs is 1. The zero-order valence-corrected chi connectivity index (χ0v) is 9.61. The minimum Gasteiger partial charge on any atom is -0.354 e. The Kier molecular flexibility index (Phi) is 2.60. The van der Waals surface area contributed by atoms with E-state index in [0.29, 0.717) is 18.1 Å². The van der Waals surface area contributed by atoms with E-state index in [2.05, 4.69) is 15.3 Å². The first-order valence-corrected chi connectivity index (χ1v) is 5.23. The standard InChI is InChI=1S/C11H14N4O/c1-4-12-10-13-9-8(3)5-7(2)6-15(9)11(16)14-10/h5-6H,4H2,1-3H3,(H,12,14,16). The lowest BCUT2D eigenvalue weighted by Crippen LogP contribution is -2.21. The molecule has 0 aliphatic carbocycles. The molecule has 0 radical (unpaired) electrons. The van der Waals surface area contributed by atoms with Crippen molar-refractivity contribution in [3.8, 4) is 0 Å². The fraction of sp³-hybridized carbons (Fsp3) is 0.364. The number of rotatable bonds is 2. The summed E-state index contributed by atoms with van der Waals surface area (Å²) < 4.78 is 1.48. The number of nitrogens with one attached hydrogen (secondary N) is 1. The number of pyridine rings is 1. The summed E-state index contributed by atoms with van der Waals surface area (Å²) in [6.45, 7) is 6.51. The molecule has 2 heterocycles. The van der Waals surface area contributed by atoms with E-state index in [9.17, 15) is 4.79 Å². The third kappa shape index (κ3) is 1.76. The summed E-state index contributed by atoms with van der Waals surface area (Å²) in [5.41, 5.74) is 2.35. The molecule has 2 rings (SSSR count). The van der Waals surface area contributed by atoms with Crippen LogP contribution in [0, 0.1) is 13.8 Å². The highest BCUT2D eigenvalue weighted by atomic mass is 16.1. The second-order valence-electron chi connectivity index (χ2n) is 3.75. The summed E-state index contributed by atoms with van der Waals surface area (Å²) in [5, 5.41) is 2.95. The number of aryl methyl sites for hydroxylation is 2. The van der Waals surface area contributed by atoms with Crippen LogP contribution in [0.4, 0.5) is 5.95 Å². The van der Waals surface area contributed by atoms with E-state index >= 15 is 0 Å². The Labute approximate surface area is 93.2 Å². The highest BCUT2D eigenvalue weighted by Crippen LogP contribution is 2.09. The molecule has 0 bridgehead atoms. The molecule has 0 unspecified atom stereocenters. The maximum absolute atomic E-state index is 11.8. The van der Waals surface area contributed by atoms with E-state index < -0.39 is 0 Å². The van der Waals surface area contributed by atoms with Gasteiger partial charge in [0, 0.05) is 12.7 Å². The Morgan fingerprint density at radius 3 is 2.81 bits per heavy atom. The van der Waals surface area contributed by atoms with Gasteiger partial charge in [0.05, 0.1) is 0 Å². The molecular weight excluding hydrogens is 204 g/mol. The van der Waals surface area contributed by atoms with Crippen LogP contribution in [0.5, 0.6) is 0 Å². The second kappa shape index (κ2) is 3.92. The number of nitrogens with zero attached hydrogens (tertiary/aromatic N) is 3. The molecule has 0 aliphatic heterocycles. The zero-order chi connectivity index (χ0) is 11.7. The van der Waals surface area contributed by atoms with Crippen LogP contribution in [-0.4, -0.2) is 20.9 Å². The molecule has 0 aromatic carbocycles. The maximum atomic E-state index is 11.8. The van der Waals surface area contributed by atoms with Crippen molar-refractivity contribution < 1.29 is 0 Å². The van der Waals surface area contributed by atoms with Gasteiger partial charge in [-0.15, -0.1) is 0 Å². The smallest absolute Gasteiger partial charge is 0.354 e. The first-order valence-electron chi connectivity index (χ1n) is 5.23. The number of aromatic nitrogens is 3. The van der Waals surface area contributed by atoms with Crippen LogP contribution >= 0.6 is 0 Å². The molecule has 0 amide bonds. The van der Waals surface area contributed by atoms with Crippen molar-refractivity contribution in [3.63, 3.8) is 0 Å². The van der Waals surface area contributed by atoms with Crippen molar-refractivity contribution in [2.24, 2.45) is 0 Å². The molecule has 0 spiro atoms. The average molecular weight is 218 g/mol. The van der Waals surface area contributed by atoms with Crippen LogP contribution in [0.2, 0.25) is 0 Å². The monoisotopic (exact) mass is 218 g/mol. The Bertz CT molecular complexity index is 588. The summed E-state index contributed by atoms with van der Waals surface area (Å²) in [4.78, 5) is 19.9. The zero-order valence-electron chi connectivity index (χ0n) is 9.61. The lowest BCUT2D eigenvalue weighted by atomic mass is 10.2. The molecule has 0 saturated heterocycles. The molecule has 0 atom stereocenters. The molecule has 2 aromatic rings. The van der Waals surface area contributed by atoms with Gasteiger partial charge in [0.1, 0.15) is 5.65 Å². The van der Waals surface area contributed by atoms with E-state index in [1.54, 1.807) is 6.20 Å². The van der Waals surface area contributed by atoms with Crippen LogP contribution in [0.1, 0.15) is 18.1 Å². The van der Waals surface area contributed by atoms with Gasteiger partial charge in [-0.3, -0.25) is 4.40 Å². The van der Waals surface area contributed by atoms with Gasteiger partial charge in [-0.05, 0) is 31.9 Å². The molecule has 5 nitrogen and oxygen atoms in total. The third-order valence-corrected chi connectivity index (χ3v) is 2.31. The predicted octanol–water partition coefficient (Wildman–Crippen LogP) is 1.14. The summed E-state index contributed by atoms with van der Waals surface area (Å²) in [6.07, 6.45) is 1.75. The second-order valence-corrected chi connectivity index (χ2v) is 3.75. The van der Waals surface area contributed by atoms with Crippen LogP contribution in [-0.2, 0) is 0 Å².